The average Bonchev–Trinajstić information content (AvgIpc) is 2.37. The van der Waals surface area contributed by atoms with E-state index >= 15 is 0 Å². The van der Waals surface area contributed by atoms with Crippen LogP contribution in [0.1, 0.15) is 36.0 Å². The third-order valence-corrected chi connectivity index (χ3v) is 3.53. The molecule has 1 saturated carbocycles. The maximum atomic E-state index is 13.5. The summed E-state index contributed by atoms with van der Waals surface area (Å²) in [5, 5.41) is 11.1. The van der Waals surface area contributed by atoms with E-state index in [1.54, 1.807) is 0 Å². The standard InChI is InChI=1S/C13H11F4NO3/c14-7-4-6(9(15)11(17)10(7)16)12(21)18-13(2-1-3-13)5-8(19)20/h4H,1-3,5H2,(H,18,21)(H,19,20). The Labute approximate surface area is 116 Å². The summed E-state index contributed by atoms with van der Waals surface area (Å²) in [6, 6.07) is 0.246. The van der Waals surface area contributed by atoms with Crippen molar-refractivity contribution in [1.82, 2.24) is 5.32 Å². The molecule has 0 radical (unpaired) electrons. The Balaban J connectivity index is 2.27. The fraction of sp³-hybridized carbons (Fsp3) is 0.385. The number of carboxylic acid groups (broad SMARTS) is 1. The Morgan fingerprint density at radius 3 is 2.24 bits per heavy atom. The molecule has 114 valence electrons. The van der Waals surface area contributed by atoms with Crippen LogP contribution in [-0.2, 0) is 4.79 Å². The molecule has 4 nitrogen and oxygen atoms in total. The number of amides is 1. The van der Waals surface area contributed by atoms with Crippen molar-refractivity contribution in [2.45, 2.75) is 31.2 Å². The van der Waals surface area contributed by atoms with Gasteiger partial charge in [-0.05, 0) is 25.3 Å². The molecule has 1 aliphatic carbocycles. The first-order valence-electron chi connectivity index (χ1n) is 6.13. The molecule has 1 aliphatic rings. The lowest BCUT2D eigenvalue weighted by atomic mass is 9.74. The first-order chi connectivity index (χ1) is 9.76. The molecule has 0 unspecified atom stereocenters. The van der Waals surface area contributed by atoms with E-state index in [2.05, 4.69) is 5.32 Å². The number of benzene rings is 1. The molecule has 21 heavy (non-hydrogen) atoms. The number of hydrogen-bond donors (Lipinski definition) is 2. The predicted octanol–water partition coefficient (Wildman–Crippen LogP) is 2.37. The number of halogens is 4. The fourth-order valence-electron chi connectivity index (χ4n) is 2.29. The second-order valence-corrected chi connectivity index (χ2v) is 5.01. The molecule has 1 fully saturated rings. The molecular formula is C13H11F4NO3. The van der Waals surface area contributed by atoms with Gasteiger partial charge in [0.15, 0.2) is 23.3 Å². The highest BCUT2D eigenvalue weighted by molar-refractivity contribution is 5.95. The van der Waals surface area contributed by atoms with E-state index < -0.39 is 46.2 Å². The molecule has 1 aromatic carbocycles. The molecule has 0 aliphatic heterocycles. The normalized spacial score (nSPS) is 16.2. The third-order valence-electron chi connectivity index (χ3n) is 3.53. The number of rotatable bonds is 4. The first-order valence-corrected chi connectivity index (χ1v) is 6.13. The summed E-state index contributed by atoms with van der Waals surface area (Å²) in [7, 11) is 0. The van der Waals surface area contributed by atoms with Crippen LogP contribution in [-0.4, -0.2) is 22.5 Å². The summed E-state index contributed by atoms with van der Waals surface area (Å²) in [4.78, 5) is 22.6. The van der Waals surface area contributed by atoms with Crippen LogP contribution < -0.4 is 5.32 Å². The SMILES string of the molecule is O=C(O)CC1(NC(=O)c2cc(F)c(F)c(F)c2F)CCC1. The molecule has 2 rings (SSSR count). The largest absolute Gasteiger partial charge is 0.481 e. The Morgan fingerprint density at radius 1 is 1.14 bits per heavy atom. The summed E-state index contributed by atoms with van der Waals surface area (Å²) < 4.78 is 52.5. The maximum Gasteiger partial charge on any atom is 0.305 e. The van der Waals surface area contributed by atoms with Crippen LogP contribution in [0.3, 0.4) is 0 Å². The second-order valence-electron chi connectivity index (χ2n) is 5.01. The summed E-state index contributed by atoms with van der Waals surface area (Å²) in [6.45, 7) is 0. The van der Waals surface area contributed by atoms with Crippen LogP contribution >= 0.6 is 0 Å². The maximum absolute atomic E-state index is 13.5. The minimum absolute atomic E-state index is 0.246. The Hall–Kier alpha value is -2.12. The number of carbonyl (C=O) groups excluding carboxylic acids is 1. The van der Waals surface area contributed by atoms with Crippen molar-refractivity contribution in [3.05, 3.63) is 34.9 Å². The zero-order chi connectivity index (χ0) is 15.8. The van der Waals surface area contributed by atoms with Crippen LogP contribution in [0.4, 0.5) is 17.6 Å². The lowest BCUT2D eigenvalue weighted by Crippen LogP contribution is -2.54. The monoisotopic (exact) mass is 305 g/mol. The molecule has 1 aromatic rings. The molecule has 0 heterocycles. The van der Waals surface area contributed by atoms with Gasteiger partial charge in [-0.25, -0.2) is 17.6 Å². The van der Waals surface area contributed by atoms with E-state index in [-0.39, 0.29) is 12.5 Å². The zero-order valence-corrected chi connectivity index (χ0v) is 10.7. The van der Waals surface area contributed by atoms with Crippen molar-refractivity contribution in [2.24, 2.45) is 0 Å². The topological polar surface area (TPSA) is 66.4 Å². The molecule has 0 bridgehead atoms. The van der Waals surface area contributed by atoms with Gasteiger partial charge in [0.25, 0.3) is 5.91 Å². The smallest absolute Gasteiger partial charge is 0.305 e. The first kappa shape index (κ1) is 15.3. The van der Waals surface area contributed by atoms with Crippen molar-refractivity contribution in [3.8, 4) is 0 Å². The zero-order valence-electron chi connectivity index (χ0n) is 10.7. The predicted molar refractivity (Wildman–Crippen MR) is 62.6 cm³/mol. The lowest BCUT2D eigenvalue weighted by Gasteiger charge is -2.41. The highest BCUT2D eigenvalue weighted by atomic mass is 19.2. The molecule has 1 amide bonds. The number of nitrogens with one attached hydrogen (secondary N) is 1. The number of hydrogen-bond acceptors (Lipinski definition) is 2. The molecule has 0 atom stereocenters. The van der Waals surface area contributed by atoms with E-state index in [0.29, 0.717) is 19.3 Å². The highest BCUT2D eigenvalue weighted by Gasteiger charge is 2.41. The van der Waals surface area contributed by atoms with Crippen molar-refractivity contribution >= 4 is 11.9 Å². The van der Waals surface area contributed by atoms with Gasteiger partial charge in [0, 0.05) is 0 Å². The summed E-state index contributed by atoms with van der Waals surface area (Å²) >= 11 is 0. The molecule has 2 N–H and O–H groups in total. The van der Waals surface area contributed by atoms with E-state index in [0.717, 1.165) is 0 Å². The quantitative estimate of drug-likeness (QED) is 0.510. The molecule has 0 aromatic heterocycles. The van der Waals surface area contributed by atoms with Gasteiger partial charge >= 0.3 is 5.97 Å². The lowest BCUT2D eigenvalue weighted by molar-refractivity contribution is -0.139. The molecule has 8 heteroatoms. The van der Waals surface area contributed by atoms with Gasteiger partial charge in [0.05, 0.1) is 17.5 Å². The van der Waals surface area contributed by atoms with Crippen molar-refractivity contribution < 1.29 is 32.3 Å². The summed E-state index contributed by atoms with van der Waals surface area (Å²) in [5.41, 5.74) is -2.06. The van der Waals surface area contributed by atoms with Gasteiger partial charge in [-0.1, -0.05) is 0 Å². The van der Waals surface area contributed by atoms with Crippen molar-refractivity contribution in [3.63, 3.8) is 0 Å². The van der Waals surface area contributed by atoms with Crippen molar-refractivity contribution in [2.75, 3.05) is 0 Å². The van der Waals surface area contributed by atoms with E-state index in [1.807, 2.05) is 0 Å². The second kappa shape index (κ2) is 5.34. The highest BCUT2D eigenvalue weighted by Crippen LogP contribution is 2.35. The number of carboxylic acids is 1. The minimum atomic E-state index is -2.08. The molecular weight excluding hydrogens is 294 g/mol. The minimum Gasteiger partial charge on any atom is -0.481 e. The van der Waals surface area contributed by atoms with E-state index in [9.17, 15) is 27.2 Å². The van der Waals surface area contributed by atoms with Gasteiger partial charge in [0.1, 0.15) is 0 Å². The average molecular weight is 305 g/mol. The molecule has 0 spiro atoms. The van der Waals surface area contributed by atoms with Gasteiger partial charge in [0.2, 0.25) is 0 Å². The third kappa shape index (κ3) is 2.84. The van der Waals surface area contributed by atoms with Crippen LogP contribution in [0.15, 0.2) is 6.07 Å². The van der Waals surface area contributed by atoms with E-state index in [1.165, 1.54) is 0 Å². The van der Waals surface area contributed by atoms with Crippen LogP contribution in [0.2, 0.25) is 0 Å². The summed E-state index contributed by atoms with van der Waals surface area (Å²) in [6.07, 6.45) is 1.01. The number of carbonyl (C=O) groups is 2. The van der Waals surface area contributed by atoms with Crippen molar-refractivity contribution in [1.29, 1.82) is 0 Å². The van der Waals surface area contributed by atoms with Crippen LogP contribution in [0.5, 0.6) is 0 Å². The van der Waals surface area contributed by atoms with Crippen LogP contribution in [0, 0.1) is 23.3 Å². The Bertz CT molecular complexity index is 614. The van der Waals surface area contributed by atoms with E-state index in [4.69, 9.17) is 5.11 Å². The van der Waals surface area contributed by atoms with Gasteiger partial charge in [-0.15, -0.1) is 0 Å². The van der Waals surface area contributed by atoms with Gasteiger partial charge in [-0.2, -0.15) is 0 Å². The van der Waals surface area contributed by atoms with Gasteiger partial charge < -0.3 is 10.4 Å². The van der Waals surface area contributed by atoms with Crippen LogP contribution in [0.25, 0.3) is 0 Å². The Morgan fingerprint density at radius 2 is 1.76 bits per heavy atom. The molecule has 0 saturated heterocycles. The Kier molecular flexibility index (Phi) is 3.89. The summed E-state index contributed by atoms with van der Waals surface area (Å²) in [5.74, 6) is -9.93. The number of aliphatic carboxylic acids is 1. The fourth-order valence-corrected chi connectivity index (χ4v) is 2.29. The van der Waals surface area contributed by atoms with Gasteiger partial charge in [-0.3, -0.25) is 9.59 Å².